The first-order valence-electron chi connectivity index (χ1n) is 8.29. The van der Waals surface area contributed by atoms with E-state index in [9.17, 15) is 19.8 Å². The van der Waals surface area contributed by atoms with Gasteiger partial charge in [-0.3, -0.25) is 0 Å². The summed E-state index contributed by atoms with van der Waals surface area (Å²) in [6, 6.07) is 11.7. The summed E-state index contributed by atoms with van der Waals surface area (Å²) in [7, 11) is 0. The molecule has 0 amide bonds. The number of rotatable bonds is 5. The summed E-state index contributed by atoms with van der Waals surface area (Å²) in [5, 5.41) is 24.4. The smallest absolute Gasteiger partial charge is 0.335 e. The van der Waals surface area contributed by atoms with Crippen LogP contribution in [0.4, 0.5) is 11.5 Å². The van der Waals surface area contributed by atoms with Crippen LogP contribution < -0.4 is 5.32 Å². The summed E-state index contributed by atoms with van der Waals surface area (Å²) >= 11 is 4.89. The second-order valence-corrected chi connectivity index (χ2v) is 7.87. The Labute approximate surface area is 176 Å². The average molecular weight is 470 g/mol. The summed E-state index contributed by atoms with van der Waals surface area (Å²) in [4.78, 5) is 32.1. The van der Waals surface area contributed by atoms with E-state index in [1.165, 1.54) is 29.8 Å². The van der Waals surface area contributed by atoms with Crippen molar-refractivity contribution in [2.24, 2.45) is 0 Å². The average Bonchev–Trinajstić information content (AvgIpc) is 3.13. The summed E-state index contributed by atoms with van der Waals surface area (Å²) in [5.74, 6) is -1.96. The van der Waals surface area contributed by atoms with Crippen LogP contribution in [0.5, 0.6) is 0 Å². The molecule has 144 valence electrons. The molecule has 0 aliphatic rings. The molecular weight excluding hydrogens is 458 g/mol. The number of carboxylic acid groups (broad SMARTS) is 2. The Bertz CT molecular complexity index is 1220. The van der Waals surface area contributed by atoms with Gasteiger partial charge in [0.05, 0.1) is 16.5 Å². The van der Waals surface area contributed by atoms with Gasteiger partial charge >= 0.3 is 11.9 Å². The van der Waals surface area contributed by atoms with Crippen LogP contribution in [-0.2, 0) is 0 Å². The monoisotopic (exact) mass is 469 g/mol. The van der Waals surface area contributed by atoms with Gasteiger partial charge in [-0.1, -0.05) is 28.1 Å². The second kappa shape index (κ2) is 7.61. The van der Waals surface area contributed by atoms with Crippen molar-refractivity contribution in [3.8, 4) is 11.1 Å². The number of aromatic carboxylic acids is 2. The fraction of sp³-hybridized carbons (Fsp3) is 0. The number of benzene rings is 2. The minimum atomic E-state index is -1.21. The number of hydrogen-bond acceptors (Lipinski definition) is 6. The summed E-state index contributed by atoms with van der Waals surface area (Å²) in [5.41, 5.74) is 1.96. The first kappa shape index (κ1) is 19.0. The van der Waals surface area contributed by atoms with Gasteiger partial charge in [0.15, 0.2) is 0 Å². The van der Waals surface area contributed by atoms with Crippen molar-refractivity contribution in [1.29, 1.82) is 0 Å². The second-order valence-electron chi connectivity index (χ2n) is 6.09. The molecule has 0 unspecified atom stereocenters. The number of thiophene rings is 1. The van der Waals surface area contributed by atoms with Crippen LogP contribution >= 0.6 is 27.3 Å². The topological polar surface area (TPSA) is 112 Å². The highest BCUT2D eigenvalue weighted by atomic mass is 79.9. The minimum Gasteiger partial charge on any atom is -0.478 e. The number of anilines is 2. The molecule has 0 bridgehead atoms. The zero-order valence-corrected chi connectivity index (χ0v) is 17.0. The van der Waals surface area contributed by atoms with Crippen molar-refractivity contribution < 1.29 is 19.8 Å². The lowest BCUT2D eigenvalue weighted by molar-refractivity contribution is 0.0696. The molecule has 2 aromatic heterocycles. The van der Waals surface area contributed by atoms with Gasteiger partial charge in [0.2, 0.25) is 0 Å². The molecular formula is C20H12BrN3O4S. The number of carbonyl (C=O) groups is 2. The van der Waals surface area contributed by atoms with Crippen molar-refractivity contribution in [3.05, 3.63) is 69.8 Å². The molecule has 29 heavy (non-hydrogen) atoms. The van der Waals surface area contributed by atoms with Crippen LogP contribution in [0.15, 0.2) is 58.6 Å². The maximum absolute atomic E-state index is 11.4. The molecule has 0 atom stereocenters. The number of carboxylic acids is 2. The molecule has 0 aliphatic carbocycles. The van der Waals surface area contributed by atoms with Crippen LogP contribution in [0.1, 0.15) is 20.7 Å². The molecule has 4 aromatic rings. The summed E-state index contributed by atoms with van der Waals surface area (Å²) < 4.78 is 0.960. The van der Waals surface area contributed by atoms with E-state index in [0.29, 0.717) is 11.5 Å². The Morgan fingerprint density at radius 1 is 0.966 bits per heavy atom. The maximum atomic E-state index is 11.4. The third-order valence-corrected chi connectivity index (χ3v) is 5.63. The zero-order valence-electron chi connectivity index (χ0n) is 14.6. The van der Waals surface area contributed by atoms with E-state index in [4.69, 9.17) is 0 Å². The van der Waals surface area contributed by atoms with Crippen LogP contribution in [0.25, 0.3) is 21.3 Å². The fourth-order valence-corrected chi connectivity index (χ4v) is 4.08. The van der Waals surface area contributed by atoms with Crippen molar-refractivity contribution in [3.63, 3.8) is 0 Å². The normalized spacial score (nSPS) is 10.8. The largest absolute Gasteiger partial charge is 0.478 e. The number of halogens is 1. The molecule has 0 aliphatic heterocycles. The van der Waals surface area contributed by atoms with Crippen LogP contribution in [0.3, 0.4) is 0 Å². The number of fused-ring (bicyclic) bond motifs is 1. The molecule has 4 rings (SSSR count). The highest BCUT2D eigenvalue weighted by molar-refractivity contribution is 9.10. The quantitative estimate of drug-likeness (QED) is 0.365. The van der Waals surface area contributed by atoms with E-state index >= 15 is 0 Å². The zero-order chi connectivity index (χ0) is 20.5. The number of hydrogen-bond donors (Lipinski definition) is 3. The third kappa shape index (κ3) is 3.82. The first-order chi connectivity index (χ1) is 13.9. The fourth-order valence-electron chi connectivity index (χ4n) is 2.90. The molecule has 0 radical (unpaired) electrons. The van der Waals surface area contributed by atoms with Gasteiger partial charge in [0.25, 0.3) is 0 Å². The summed E-state index contributed by atoms with van der Waals surface area (Å²) in [6.45, 7) is 0. The molecule has 0 fully saturated rings. The Hall–Kier alpha value is -3.30. The lowest BCUT2D eigenvalue weighted by atomic mass is 10.1. The third-order valence-electron chi connectivity index (χ3n) is 4.22. The van der Waals surface area contributed by atoms with Gasteiger partial charge in [0.1, 0.15) is 17.0 Å². The van der Waals surface area contributed by atoms with Crippen molar-refractivity contribution >= 4 is 60.9 Å². The van der Waals surface area contributed by atoms with Gasteiger partial charge in [-0.05, 0) is 35.9 Å². The number of nitrogens with zero attached hydrogens (tertiary/aromatic N) is 2. The van der Waals surface area contributed by atoms with E-state index < -0.39 is 11.9 Å². The lowest BCUT2D eigenvalue weighted by Gasteiger charge is -2.10. The molecule has 7 nitrogen and oxygen atoms in total. The van der Waals surface area contributed by atoms with Gasteiger partial charge in [-0.25, -0.2) is 19.6 Å². The number of aromatic nitrogens is 2. The number of nitrogens with one attached hydrogen (secondary N) is 1. The van der Waals surface area contributed by atoms with Gasteiger partial charge in [0, 0.05) is 21.1 Å². The van der Waals surface area contributed by atoms with Crippen LogP contribution in [0, 0.1) is 0 Å². The molecule has 0 saturated heterocycles. The van der Waals surface area contributed by atoms with Crippen LogP contribution in [-0.4, -0.2) is 32.1 Å². The van der Waals surface area contributed by atoms with Gasteiger partial charge in [-0.2, -0.15) is 0 Å². The molecule has 0 saturated carbocycles. The Balaban J connectivity index is 1.83. The van der Waals surface area contributed by atoms with Gasteiger partial charge in [-0.15, -0.1) is 11.3 Å². The standard InChI is InChI=1S/C20H12BrN3O4S/c21-13-3-1-10(2-4-13)15-8-29-18-16(15)17(22-9-23-18)24-14-6-11(19(25)26)5-12(7-14)20(27)28/h1-9H,(H,25,26)(H,27,28)(H,22,23,24). The van der Waals surface area contributed by atoms with Crippen molar-refractivity contribution in [2.75, 3.05) is 5.32 Å². The van der Waals surface area contributed by atoms with Gasteiger partial charge < -0.3 is 15.5 Å². The predicted molar refractivity (Wildman–Crippen MR) is 114 cm³/mol. The van der Waals surface area contributed by atoms with E-state index in [-0.39, 0.29) is 11.1 Å². The molecule has 2 aromatic carbocycles. The molecule has 0 spiro atoms. The molecule has 3 N–H and O–H groups in total. The van der Waals surface area contributed by atoms with E-state index in [1.807, 2.05) is 29.6 Å². The predicted octanol–water partition coefficient (Wildman–Crippen LogP) is 5.26. The SMILES string of the molecule is O=C(O)c1cc(Nc2ncnc3scc(-c4ccc(Br)cc4)c23)cc(C(=O)O)c1. The molecule has 9 heteroatoms. The van der Waals surface area contributed by atoms with Crippen molar-refractivity contribution in [2.45, 2.75) is 0 Å². The summed E-state index contributed by atoms with van der Waals surface area (Å²) in [6.07, 6.45) is 1.41. The molecule has 2 heterocycles. The van der Waals surface area contributed by atoms with E-state index in [0.717, 1.165) is 31.9 Å². The van der Waals surface area contributed by atoms with E-state index in [1.54, 1.807) is 0 Å². The highest BCUT2D eigenvalue weighted by Gasteiger charge is 2.16. The van der Waals surface area contributed by atoms with Crippen LogP contribution in [0.2, 0.25) is 0 Å². The van der Waals surface area contributed by atoms with Crippen molar-refractivity contribution in [1.82, 2.24) is 9.97 Å². The Morgan fingerprint density at radius 2 is 1.62 bits per heavy atom. The highest BCUT2D eigenvalue weighted by Crippen LogP contribution is 2.37. The Kier molecular flexibility index (Phi) is 4.99. The lowest BCUT2D eigenvalue weighted by Crippen LogP contribution is -2.05. The van der Waals surface area contributed by atoms with E-state index in [2.05, 4.69) is 31.2 Å². The minimum absolute atomic E-state index is 0.129. The maximum Gasteiger partial charge on any atom is 0.335 e. The first-order valence-corrected chi connectivity index (χ1v) is 9.96. The Morgan fingerprint density at radius 3 is 2.24 bits per heavy atom.